The molecule has 24 heavy (non-hydrogen) atoms. The number of nitrogens with zero attached hydrogens (tertiary/aromatic N) is 3. The van der Waals surface area contributed by atoms with Crippen LogP contribution in [-0.2, 0) is 13.6 Å². The number of rotatable bonds is 3. The van der Waals surface area contributed by atoms with Crippen LogP contribution in [0.25, 0.3) is 20.4 Å². The molecule has 4 aromatic rings. The van der Waals surface area contributed by atoms with Gasteiger partial charge in [-0.2, -0.15) is 5.10 Å². The lowest BCUT2D eigenvalue weighted by Gasteiger charge is -2.04. The smallest absolute Gasteiger partial charge is 0.166 e. The zero-order valence-electron chi connectivity index (χ0n) is 13.7. The molecule has 0 fully saturated rings. The highest BCUT2D eigenvalue weighted by Gasteiger charge is 2.19. The van der Waals surface area contributed by atoms with Crippen LogP contribution in [0.15, 0.2) is 30.3 Å². The molecule has 4 nitrogen and oxygen atoms in total. The number of hydrogen-bond acceptors (Lipinski definition) is 4. The standard InChI is InChI=1S/C18H17ClN4S/c1-10-13-15-16(24-18(13)21-11(2)14(10)19)17(22-23(15)3)20-9-12-7-5-4-6-8-12/h4-8H,9H2,1-3H3,(H,20,22). The molecular weight excluding hydrogens is 340 g/mol. The number of aromatic nitrogens is 3. The summed E-state index contributed by atoms with van der Waals surface area (Å²) in [6, 6.07) is 10.3. The Labute approximate surface area is 149 Å². The molecule has 0 saturated carbocycles. The van der Waals surface area contributed by atoms with Gasteiger partial charge < -0.3 is 5.32 Å². The molecule has 0 unspecified atom stereocenters. The van der Waals surface area contributed by atoms with Crippen molar-refractivity contribution in [1.29, 1.82) is 0 Å². The second kappa shape index (κ2) is 5.76. The molecule has 3 aromatic heterocycles. The number of pyridine rings is 1. The van der Waals surface area contributed by atoms with E-state index in [2.05, 4.69) is 34.5 Å². The molecule has 4 rings (SSSR count). The third-order valence-electron chi connectivity index (χ3n) is 4.25. The lowest BCUT2D eigenvalue weighted by atomic mass is 10.1. The monoisotopic (exact) mass is 356 g/mol. The van der Waals surface area contributed by atoms with Gasteiger partial charge in [0.25, 0.3) is 0 Å². The van der Waals surface area contributed by atoms with Crippen molar-refractivity contribution in [2.75, 3.05) is 5.32 Å². The topological polar surface area (TPSA) is 42.7 Å². The first-order chi connectivity index (χ1) is 11.6. The van der Waals surface area contributed by atoms with Crippen molar-refractivity contribution in [3.63, 3.8) is 0 Å². The van der Waals surface area contributed by atoms with Gasteiger partial charge in [0.1, 0.15) is 4.83 Å². The van der Waals surface area contributed by atoms with Crippen molar-refractivity contribution >= 4 is 49.2 Å². The highest BCUT2D eigenvalue weighted by Crippen LogP contribution is 2.40. The van der Waals surface area contributed by atoms with E-state index in [4.69, 9.17) is 11.6 Å². The fourth-order valence-corrected chi connectivity index (χ4v) is 4.43. The van der Waals surface area contributed by atoms with Gasteiger partial charge in [0.2, 0.25) is 0 Å². The number of hydrogen-bond donors (Lipinski definition) is 1. The molecule has 0 radical (unpaired) electrons. The van der Waals surface area contributed by atoms with Gasteiger partial charge in [0.15, 0.2) is 5.82 Å². The number of halogens is 1. The van der Waals surface area contributed by atoms with Crippen molar-refractivity contribution < 1.29 is 0 Å². The van der Waals surface area contributed by atoms with Crippen LogP contribution < -0.4 is 5.32 Å². The van der Waals surface area contributed by atoms with Crippen LogP contribution in [0.4, 0.5) is 5.82 Å². The maximum absolute atomic E-state index is 6.41. The predicted octanol–water partition coefficient (Wildman–Crippen LogP) is 5.07. The average Bonchev–Trinajstić information content (AvgIpc) is 3.09. The van der Waals surface area contributed by atoms with Crippen molar-refractivity contribution in [2.24, 2.45) is 7.05 Å². The summed E-state index contributed by atoms with van der Waals surface area (Å²) in [4.78, 5) is 5.68. The van der Waals surface area contributed by atoms with Gasteiger partial charge in [0.05, 0.1) is 20.9 Å². The Morgan fingerprint density at radius 1 is 1.21 bits per heavy atom. The number of benzene rings is 1. The predicted molar refractivity (Wildman–Crippen MR) is 102 cm³/mol. The summed E-state index contributed by atoms with van der Waals surface area (Å²) in [5.41, 5.74) is 4.27. The van der Waals surface area contributed by atoms with E-state index in [0.29, 0.717) is 0 Å². The fraction of sp³-hybridized carbons (Fsp3) is 0.222. The van der Waals surface area contributed by atoms with Crippen LogP contribution in [0.1, 0.15) is 16.8 Å². The number of fused-ring (bicyclic) bond motifs is 3. The number of anilines is 1. The normalized spacial score (nSPS) is 11.5. The van der Waals surface area contributed by atoms with E-state index in [9.17, 15) is 0 Å². The molecule has 0 atom stereocenters. The zero-order chi connectivity index (χ0) is 16.8. The molecule has 0 aliphatic heterocycles. The van der Waals surface area contributed by atoms with Gasteiger partial charge in [-0.25, -0.2) is 4.98 Å². The fourth-order valence-electron chi connectivity index (χ4n) is 3.02. The molecule has 0 saturated heterocycles. The van der Waals surface area contributed by atoms with E-state index in [1.54, 1.807) is 11.3 Å². The molecule has 0 amide bonds. The molecule has 0 bridgehead atoms. The van der Waals surface area contributed by atoms with Crippen LogP contribution in [0.3, 0.4) is 0 Å². The molecule has 1 aromatic carbocycles. The average molecular weight is 357 g/mol. The first-order valence-electron chi connectivity index (χ1n) is 7.76. The number of nitrogens with one attached hydrogen (secondary N) is 1. The Morgan fingerprint density at radius 3 is 2.71 bits per heavy atom. The van der Waals surface area contributed by atoms with Gasteiger partial charge in [0, 0.05) is 19.0 Å². The van der Waals surface area contributed by atoms with E-state index >= 15 is 0 Å². The van der Waals surface area contributed by atoms with E-state index in [1.807, 2.05) is 36.9 Å². The summed E-state index contributed by atoms with van der Waals surface area (Å²) >= 11 is 8.08. The molecule has 3 heterocycles. The van der Waals surface area contributed by atoms with Crippen molar-refractivity contribution in [1.82, 2.24) is 14.8 Å². The SMILES string of the molecule is Cc1nc2sc3c(NCc4ccccc4)nn(C)c3c2c(C)c1Cl. The Bertz CT molecular complexity index is 1050. The molecule has 0 aliphatic rings. The maximum Gasteiger partial charge on any atom is 0.166 e. The van der Waals surface area contributed by atoms with Gasteiger partial charge in [-0.3, -0.25) is 4.68 Å². The van der Waals surface area contributed by atoms with Crippen molar-refractivity contribution in [3.05, 3.63) is 52.2 Å². The summed E-state index contributed by atoms with van der Waals surface area (Å²) in [7, 11) is 1.97. The molecule has 0 aliphatic carbocycles. The Balaban J connectivity index is 1.83. The summed E-state index contributed by atoms with van der Waals surface area (Å²) in [6.45, 7) is 4.74. The van der Waals surface area contributed by atoms with Gasteiger partial charge >= 0.3 is 0 Å². The van der Waals surface area contributed by atoms with Crippen LogP contribution in [0.2, 0.25) is 5.02 Å². The van der Waals surface area contributed by atoms with Crippen LogP contribution in [0.5, 0.6) is 0 Å². The van der Waals surface area contributed by atoms with Crippen molar-refractivity contribution in [2.45, 2.75) is 20.4 Å². The quantitative estimate of drug-likeness (QED) is 0.557. The lowest BCUT2D eigenvalue weighted by molar-refractivity contribution is 0.799. The highest BCUT2D eigenvalue weighted by molar-refractivity contribution is 7.26. The zero-order valence-corrected chi connectivity index (χ0v) is 15.3. The molecule has 0 spiro atoms. The van der Waals surface area contributed by atoms with Gasteiger partial charge in [-0.05, 0) is 25.0 Å². The maximum atomic E-state index is 6.41. The summed E-state index contributed by atoms with van der Waals surface area (Å²) in [6.07, 6.45) is 0. The number of thiophene rings is 1. The Morgan fingerprint density at radius 2 is 1.96 bits per heavy atom. The Kier molecular flexibility index (Phi) is 3.70. The van der Waals surface area contributed by atoms with Gasteiger partial charge in [-0.1, -0.05) is 41.9 Å². The minimum atomic E-state index is 0.738. The van der Waals surface area contributed by atoms with Crippen LogP contribution in [-0.4, -0.2) is 14.8 Å². The second-order valence-corrected chi connectivity index (χ2v) is 7.28. The summed E-state index contributed by atoms with van der Waals surface area (Å²) in [5, 5.41) is 9.95. The summed E-state index contributed by atoms with van der Waals surface area (Å²) in [5.74, 6) is 0.896. The van der Waals surface area contributed by atoms with E-state index in [-0.39, 0.29) is 0 Å². The third kappa shape index (κ3) is 2.36. The van der Waals surface area contributed by atoms with E-state index in [1.165, 1.54) is 5.56 Å². The first-order valence-corrected chi connectivity index (χ1v) is 8.95. The molecule has 6 heteroatoms. The largest absolute Gasteiger partial charge is 0.363 e. The number of aryl methyl sites for hydroxylation is 3. The van der Waals surface area contributed by atoms with E-state index < -0.39 is 0 Å². The van der Waals surface area contributed by atoms with Crippen LogP contribution in [0, 0.1) is 13.8 Å². The molecule has 122 valence electrons. The minimum Gasteiger partial charge on any atom is -0.363 e. The van der Waals surface area contributed by atoms with Crippen molar-refractivity contribution in [3.8, 4) is 0 Å². The minimum absolute atomic E-state index is 0.738. The highest BCUT2D eigenvalue weighted by atomic mass is 35.5. The van der Waals surface area contributed by atoms with Gasteiger partial charge in [-0.15, -0.1) is 11.3 Å². The molecule has 1 N–H and O–H groups in total. The summed E-state index contributed by atoms with van der Waals surface area (Å²) < 4.78 is 3.04. The van der Waals surface area contributed by atoms with Crippen LogP contribution >= 0.6 is 22.9 Å². The molecular formula is C18H17ClN4S. The second-order valence-electron chi connectivity index (χ2n) is 5.91. The van der Waals surface area contributed by atoms with E-state index in [0.717, 1.165) is 49.1 Å². The third-order valence-corrected chi connectivity index (χ3v) is 5.88. The first kappa shape index (κ1) is 15.4. The Hall–Kier alpha value is -2.11. The lowest BCUT2D eigenvalue weighted by Crippen LogP contribution is -2.00.